The summed E-state index contributed by atoms with van der Waals surface area (Å²) in [6.45, 7) is 0. The van der Waals surface area contributed by atoms with Crippen molar-refractivity contribution in [2.24, 2.45) is 5.10 Å². The molecule has 0 spiro atoms. The molecule has 0 aromatic heterocycles. The molecule has 0 saturated carbocycles. The first-order valence-corrected chi connectivity index (χ1v) is 5.72. The molecule has 0 atom stereocenters. The van der Waals surface area contributed by atoms with Crippen LogP contribution in [0, 0.1) is 0 Å². The van der Waals surface area contributed by atoms with Gasteiger partial charge < -0.3 is 0 Å². The van der Waals surface area contributed by atoms with E-state index in [2.05, 4.69) is 5.10 Å². The third-order valence-corrected chi connectivity index (χ3v) is 2.81. The van der Waals surface area contributed by atoms with Crippen LogP contribution in [0.5, 0.6) is 0 Å². The smallest absolute Gasteiger partial charge is 0.242 e. The van der Waals surface area contributed by atoms with Crippen LogP contribution in [0.15, 0.2) is 23.3 Å². The van der Waals surface area contributed by atoms with Crippen molar-refractivity contribution in [3.8, 4) is 0 Å². The SMILES string of the molecule is FC(F)(F)C(F)(F)C(F)(F)N/N=C\c1c(Cl)cccc1Cl. The Morgan fingerprint density at radius 3 is 1.86 bits per heavy atom. The summed E-state index contributed by atoms with van der Waals surface area (Å²) in [5, 5.41) is 2.53. The van der Waals surface area contributed by atoms with Gasteiger partial charge in [-0.15, -0.1) is 0 Å². The number of hydrogen-bond acceptors (Lipinski definition) is 2. The zero-order valence-corrected chi connectivity index (χ0v) is 11.2. The van der Waals surface area contributed by atoms with E-state index in [0.717, 1.165) is 0 Å². The lowest BCUT2D eigenvalue weighted by Gasteiger charge is -2.27. The zero-order chi connectivity index (χ0) is 16.5. The Morgan fingerprint density at radius 2 is 1.43 bits per heavy atom. The molecule has 0 heterocycles. The molecule has 1 rings (SSSR count). The maximum absolute atomic E-state index is 12.8. The summed E-state index contributed by atoms with van der Waals surface area (Å²) >= 11 is 11.2. The zero-order valence-electron chi connectivity index (χ0n) is 9.66. The molecule has 11 heteroatoms. The highest BCUT2D eigenvalue weighted by atomic mass is 35.5. The second-order valence-electron chi connectivity index (χ2n) is 3.65. The predicted octanol–water partition coefficient (Wildman–Crippen LogP) is 4.71. The fraction of sp³-hybridized carbons (Fsp3) is 0.300. The highest BCUT2D eigenvalue weighted by molar-refractivity contribution is 6.38. The molecule has 0 unspecified atom stereocenters. The van der Waals surface area contributed by atoms with Gasteiger partial charge in [0.2, 0.25) is 0 Å². The van der Waals surface area contributed by atoms with Crippen molar-refractivity contribution >= 4 is 29.4 Å². The largest absolute Gasteiger partial charge is 0.462 e. The summed E-state index contributed by atoms with van der Waals surface area (Å²) in [5.74, 6) is -6.30. The van der Waals surface area contributed by atoms with Crippen molar-refractivity contribution in [3.05, 3.63) is 33.8 Å². The maximum atomic E-state index is 12.8. The van der Waals surface area contributed by atoms with Gasteiger partial charge in [-0.2, -0.15) is 35.8 Å². The van der Waals surface area contributed by atoms with E-state index in [1.165, 1.54) is 18.2 Å². The fourth-order valence-electron chi connectivity index (χ4n) is 1.06. The molecule has 21 heavy (non-hydrogen) atoms. The molecule has 0 aliphatic carbocycles. The molecule has 0 fully saturated rings. The van der Waals surface area contributed by atoms with Crippen molar-refractivity contribution in [3.63, 3.8) is 0 Å². The second-order valence-corrected chi connectivity index (χ2v) is 4.47. The number of rotatable bonds is 4. The Morgan fingerprint density at radius 1 is 0.952 bits per heavy atom. The molecule has 0 saturated heterocycles. The van der Waals surface area contributed by atoms with Gasteiger partial charge >= 0.3 is 18.1 Å². The summed E-state index contributed by atoms with van der Waals surface area (Å²) in [7, 11) is 0. The third kappa shape index (κ3) is 3.70. The molecule has 1 aromatic rings. The van der Waals surface area contributed by atoms with Gasteiger partial charge in [-0.05, 0) is 12.1 Å². The summed E-state index contributed by atoms with van der Waals surface area (Å²) in [5.41, 5.74) is 0.332. The standard InChI is InChI=1S/C10H5Cl2F7N2/c11-6-2-1-3-7(12)5(6)4-20-21-10(18,19)8(13,14)9(15,16)17/h1-4,21H/b20-4-. The number of nitrogens with one attached hydrogen (secondary N) is 1. The van der Waals surface area contributed by atoms with Crippen molar-refractivity contribution in [2.45, 2.75) is 18.1 Å². The second kappa shape index (κ2) is 5.88. The van der Waals surface area contributed by atoms with E-state index in [1.807, 2.05) is 0 Å². The van der Waals surface area contributed by atoms with Gasteiger partial charge in [0, 0.05) is 5.56 Å². The van der Waals surface area contributed by atoms with Crippen LogP contribution >= 0.6 is 23.2 Å². The highest BCUT2D eigenvalue weighted by Gasteiger charge is 2.73. The van der Waals surface area contributed by atoms with Crippen LogP contribution in [0.25, 0.3) is 0 Å². The monoisotopic (exact) mass is 356 g/mol. The first-order valence-electron chi connectivity index (χ1n) is 4.97. The van der Waals surface area contributed by atoms with Crippen molar-refractivity contribution in [2.75, 3.05) is 0 Å². The molecular weight excluding hydrogens is 352 g/mol. The predicted molar refractivity (Wildman–Crippen MR) is 63.1 cm³/mol. The molecule has 0 aliphatic heterocycles. The average Bonchev–Trinajstić information content (AvgIpc) is 2.31. The van der Waals surface area contributed by atoms with E-state index in [9.17, 15) is 30.7 Å². The Kier molecular flexibility index (Phi) is 4.99. The Hall–Kier alpha value is -1.22. The molecular formula is C10H5Cl2F7N2. The maximum Gasteiger partial charge on any atom is 0.462 e. The van der Waals surface area contributed by atoms with Crippen LogP contribution in [-0.4, -0.2) is 24.4 Å². The Labute approximate surface area is 123 Å². The van der Waals surface area contributed by atoms with E-state index in [0.29, 0.717) is 11.6 Å². The van der Waals surface area contributed by atoms with Gasteiger partial charge in [-0.25, -0.2) is 5.43 Å². The van der Waals surface area contributed by atoms with Crippen LogP contribution < -0.4 is 5.43 Å². The molecule has 0 bridgehead atoms. The number of hydrazone groups is 1. The minimum atomic E-state index is -6.44. The van der Waals surface area contributed by atoms with E-state index < -0.39 is 18.1 Å². The molecule has 0 amide bonds. The van der Waals surface area contributed by atoms with Gasteiger partial charge in [0.25, 0.3) is 0 Å². The van der Waals surface area contributed by atoms with Crippen molar-refractivity contribution in [1.29, 1.82) is 0 Å². The van der Waals surface area contributed by atoms with Crippen LogP contribution in [0.4, 0.5) is 30.7 Å². The van der Waals surface area contributed by atoms with Gasteiger partial charge in [-0.1, -0.05) is 29.3 Å². The minimum absolute atomic E-state index is 0.0565. The number of nitrogens with zero attached hydrogens (tertiary/aromatic N) is 1. The summed E-state index contributed by atoms with van der Waals surface area (Å²) in [6, 6.07) is -1.66. The topological polar surface area (TPSA) is 24.4 Å². The molecule has 2 nitrogen and oxygen atoms in total. The van der Waals surface area contributed by atoms with Gasteiger partial charge in [0.1, 0.15) is 0 Å². The van der Waals surface area contributed by atoms with E-state index in [4.69, 9.17) is 23.2 Å². The Bertz CT molecular complexity index is 522. The third-order valence-electron chi connectivity index (χ3n) is 2.15. The molecule has 118 valence electrons. The first-order chi connectivity index (χ1) is 9.40. The van der Waals surface area contributed by atoms with Crippen LogP contribution in [0.2, 0.25) is 10.0 Å². The fourth-order valence-corrected chi connectivity index (χ4v) is 1.56. The quantitative estimate of drug-likeness (QED) is 0.359. The number of hydrogen-bond donors (Lipinski definition) is 1. The van der Waals surface area contributed by atoms with Gasteiger partial charge in [-0.3, -0.25) is 0 Å². The lowest BCUT2D eigenvalue weighted by Crippen LogP contribution is -2.58. The van der Waals surface area contributed by atoms with Crippen molar-refractivity contribution < 1.29 is 30.7 Å². The summed E-state index contributed by atoms with van der Waals surface area (Å²) in [4.78, 5) is 0. The van der Waals surface area contributed by atoms with E-state index >= 15 is 0 Å². The molecule has 1 N–H and O–H groups in total. The lowest BCUT2D eigenvalue weighted by molar-refractivity contribution is -0.361. The van der Waals surface area contributed by atoms with Crippen LogP contribution in [0.1, 0.15) is 5.56 Å². The Balaban J connectivity index is 2.94. The van der Waals surface area contributed by atoms with Gasteiger partial charge in [0.05, 0.1) is 16.3 Å². The first kappa shape index (κ1) is 17.8. The number of benzene rings is 1. The van der Waals surface area contributed by atoms with Crippen molar-refractivity contribution in [1.82, 2.24) is 5.43 Å². The lowest BCUT2D eigenvalue weighted by atomic mass is 10.2. The number of alkyl halides is 7. The summed E-state index contributed by atoms with van der Waals surface area (Å²) < 4.78 is 86.3. The van der Waals surface area contributed by atoms with Gasteiger partial charge in [0.15, 0.2) is 0 Å². The normalized spacial score (nSPS) is 13.8. The van der Waals surface area contributed by atoms with Crippen LogP contribution in [0.3, 0.4) is 0 Å². The molecule has 0 aliphatic rings. The number of halogens is 9. The van der Waals surface area contributed by atoms with E-state index in [1.54, 1.807) is 0 Å². The molecule has 1 aromatic carbocycles. The minimum Gasteiger partial charge on any atom is -0.242 e. The average molecular weight is 357 g/mol. The van der Waals surface area contributed by atoms with Crippen LogP contribution in [-0.2, 0) is 0 Å². The molecule has 0 radical (unpaired) electrons. The van der Waals surface area contributed by atoms with E-state index in [-0.39, 0.29) is 15.6 Å². The summed E-state index contributed by atoms with van der Waals surface area (Å²) in [6.07, 6.45) is -5.94. The highest BCUT2D eigenvalue weighted by Crippen LogP contribution is 2.45.